The highest BCUT2D eigenvalue weighted by molar-refractivity contribution is 5.87. The molecule has 78 valence electrons. The van der Waals surface area contributed by atoms with Gasteiger partial charge in [-0.3, -0.25) is 4.79 Å². The number of phenolic OH excluding ortho intramolecular Hbond substituents is 1. The van der Waals surface area contributed by atoms with Gasteiger partial charge < -0.3 is 9.67 Å². The Morgan fingerprint density at radius 2 is 2.07 bits per heavy atom. The molecule has 0 spiro atoms. The number of hydrogen-bond donors (Lipinski definition) is 1. The van der Waals surface area contributed by atoms with Crippen molar-refractivity contribution < 1.29 is 5.11 Å². The molecule has 2 rings (SSSR count). The summed E-state index contributed by atoms with van der Waals surface area (Å²) in [7, 11) is 0. The Balaban J connectivity index is 3.06. The van der Waals surface area contributed by atoms with E-state index < -0.39 is 0 Å². The zero-order valence-corrected chi connectivity index (χ0v) is 8.82. The summed E-state index contributed by atoms with van der Waals surface area (Å²) in [5.41, 5.74) is 1.70. The Labute approximate surface area is 87.6 Å². The number of aromatic hydroxyl groups is 1. The topological polar surface area (TPSA) is 42.2 Å². The van der Waals surface area contributed by atoms with Gasteiger partial charge in [-0.2, -0.15) is 0 Å². The van der Waals surface area contributed by atoms with Gasteiger partial charge in [-0.05, 0) is 25.5 Å². The van der Waals surface area contributed by atoms with Crippen LogP contribution in [0.1, 0.15) is 12.5 Å². The van der Waals surface area contributed by atoms with Crippen molar-refractivity contribution in [1.29, 1.82) is 0 Å². The van der Waals surface area contributed by atoms with Crippen molar-refractivity contribution in [2.45, 2.75) is 20.4 Å². The lowest BCUT2D eigenvalue weighted by Crippen LogP contribution is -2.08. The second-order valence-corrected chi connectivity index (χ2v) is 3.59. The molecule has 15 heavy (non-hydrogen) atoms. The maximum atomic E-state index is 11.6. The van der Waals surface area contributed by atoms with Gasteiger partial charge in [0.25, 0.3) is 0 Å². The van der Waals surface area contributed by atoms with E-state index in [-0.39, 0.29) is 11.2 Å². The average molecular weight is 203 g/mol. The normalized spacial score (nSPS) is 10.8. The SMILES string of the molecule is CCn1ccc(=O)c2c(O)ccc(C)c21. The number of rotatable bonds is 1. The minimum atomic E-state index is -0.129. The summed E-state index contributed by atoms with van der Waals surface area (Å²) < 4.78 is 1.96. The molecule has 0 atom stereocenters. The third-order valence-corrected chi connectivity index (χ3v) is 2.64. The van der Waals surface area contributed by atoms with Crippen LogP contribution in [0.25, 0.3) is 10.9 Å². The molecule has 1 N–H and O–H groups in total. The summed E-state index contributed by atoms with van der Waals surface area (Å²) >= 11 is 0. The lowest BCUT2D eigenvalue weighted by atomic mass is 10.1. The van der Waals surface area contributed by atoms with Gasteiger partial charge in [0.2, 0.25) is 0 Å². The minimum absolute atomic E-state index is 0.0587. The maximum Gasteiger partial charge on any atom is 0.193 e. The molecule has 1 aromatic heterocycles. The first-order chi connectivity index (χ1) is 7.15. The molecule has 0 radical (unpaired) electrons. The van der Waals surface area contributed by atoms with Crippen molar-refractivity contribution >= 4 is 10.9 Å². The molecule has 0 bridgehead atoms. The van der Waals surface area contributed by atoms with E-state index >= 15 is 0 Å². The monoisotopic (exact) mass is 203 g/mol. The lowest BCUT2D eigenvalue weighted by molar-refractivity contribution is 0.481. The molecule has 0 saturated carbocycles. The van der Waals surface area contributed by atoms with Crippen LogP contribution in [0, 0.1) is 6.92 Å². The van der Waals surface area contributed by atoms with Gasteiger partial charge in [0.05, 0.1) is 10.9 Å². The highest BCUT2D eigenvalue weighted by Crippen LogP contribution is 2.23. The molecule has 0 saturated heterocycles. The molecule has 2 aromatic rings. The third-order valence-electron chi connectivity index (χ3n) is 2.64. The first kappa shape index (κ1) is 9.77. The van der Waals surface area contributed by atoms with Gasteiger partial charge in [0, 0.05) is 18.8 Å². The maximum absolute atomic E-state index is 11.6. The number of aryl methyl sites for hydroxylation is 2. The van der Waals surface area contributed by atoms with E-state index in [1.54, 1.807) is 12.3 Å². The van der Waals surface area contributed by atoms with E-state index in [1.165, 1.54) is 6.07 Å². The standard InChI is InChI=1S/C12H13NO2/c1-3-13-7-6-10(15)11-9(14)5-4-8(2)12(11)13/h4-7,14H,3H2,1-2H3. The first-order valence-corrected chi connectivity index (χ1v) is 4.97. The van der Waals surface area contributed by atoms with Crippen molar-refractivity contribution in [2.24, 2.45) is 0 Å². The molecule has 0 aliphatic carbocycles. The highest BCUT2D eigenvalue weighted by Gasteiger charge is 2.08. The number of phenols is 1. The summed E-state index contributed by atoms with van der Waals surface area (Å²) in [6.45, 7) is 4.72. The zero-order valence-electron chi connectivity index (χ0n) is 8.82. The molecule has 0 aliphatic rings. The van der Waals surface area contributed by atoms with Gasteiger partial charge in [-0.15, -0.1) is 0 Å². The van der Waals surface area contributed by atoms with Gasteiger partial charge in [0.1, 0.15) is 5.75 Å². The van der Waals surface area contributed by atoms with Crippen LogP contribution in [-0.2, 0) is 6.54 Å². The van der Waals surface area contributed by atoms with Crippen molar-refractivity contribution in [3.05, 3.63) is 40.2 Å². The van der Waals surface area contributed by atoms with Crippen molar-refractivity contribution in [3.63, 3.8) is 0 Å². The number of aromatic nitrogens is 1. The second kappa shape index (κ2) is 3.42. The average Bonchev–Trinajstić information content (AvgIpc) is 2.23. The minimum Gasteiger partial charge on any atom is -0.507 e. The van der Waals surface area contributed by atoms with E-state index in [0.29, 0.717) is 5.39 Å². The fourth-order valence-electron chi connectivity index (χ4n) is 1.88. The molecule has 0 aliphatic heterocycles. The molecule has 0 fully saturated rings. The van der Waals surface area contributed by atoms with E-state index in [2.05, 4.69) is 0 Å². The lowest BCUT2D eigenvalue weighted by Gasteiger charge is -2.11. The molecular formula is C12H13NO2. The third kappa shape index (κ3) is 1.40. The molecule has 0 unspecified atom stereocenters. The van der Waals surface area contributed by atoms with Crippen LogP contribution in [0.2, 0.25) is 0 Å². The summed E-state index contributed by atoms with van der Waals surface area (Å²) in [6, 6.07) is 4.88. The van der Waals surface area contributed by atoms with E-state index in [1.807, 2.05) is 24.5 Å². The quantitative estimate of drug-likeness (QED) is 0.770. The zero-order chi connectivity index (χ0) is 11.0. The second-order valence-electron chi connectivity index (χ2n) is 3.59. The Bertz CT molecular complexity index is 570. The van der Waals surface area contributed by atoms with Crippen LogP contribution in [0.5, 0.6) is 5.75 Å². The van der Waals surface area contributed by atoms with Gasteiger partial charge >= 0.3 is 0 Å². The van der Waals surface area contributed by atoms with E-state index in [9.17, 15) is 9.90 Å². The predicted molar refractivity (Wildman–Crippen MR) is 60.3 cm³/mol. The fraction of sp³-hybridized carbons (Fsp3) is 0.250. The van der Waals surface area contributed by atoms with Crippen LogP contribution in [0.15, 0.2) is 29.2 Å². The number of benzene rings is 1. The van der Waals surface area contributed by atoms with Gasteiger partial charge in [-0.25, -0.2) is 0 Å². The number of pyridine rings is 1. The number of hydrogen-bond acceptors (Lipinski definition) is 2. The van der Waals surface area contributed by atoms with Crippen LogP contribution in [0.3, 0.4) is 0 Å². The van der Waals surface area contributed by atoms with Gasteiger partial charge in [0.15, 0.2) is 5.43 Å². The molecular weight excluding hydrogens is 190 g/mol. The summed E-state index contributed by atoms with van der Waals surface area (Å²) in [5, 5.41) is 10.1. The largest absolute Gasteiger partial charge is 0.507 e. The van der Waals surface area contributed by atoms with Crippen molar-refractivity contribution in [2.75, 3.05) is 0 Å². The smallest absolute Gasteiger partial charge is 0.193 e. The van der Waals surface area contributed by atoms with Crippen molar-refractivity contribution in [1.82, 2.24) is 4.57 Å². The fourth-order valence-corrected chi connectivity index (χ4v) is 1.88. The summed E-state index contributed by atoms with van der Waals surface area (Å²) in [4.78, 5) is 11.6. The number of fused-ring (bicyclic) bond motifs is 1. The van der Waals surface area contributed by atoms with Crippen LogP contribution in [0.4, 0.5) is 0 Å². The highest BCUT2D eigenvalue weighted by atomic mass is 16.3. The summed E-state index contributed by atoms with van der Waals surface area (Å²) in [6.07, 6.45) is 1.76. The van der Waals surface area contributed by atoms with Crippen molar-refractivity contribution in [3.8, 4) is 5.75 Å². The molecule has 0 amide bonds. The van der Waals surface area contributed by atoms with Gasteiger partial charge in [-0.1, -0.05) is 6.07 Å². The molecule has 3 heteroatoms. The Morgan fingerprint density at radius 3 is 2.73 bits per heavy atom. The summed E-state index contributed by atoms with van der Waals surface area (Å²) in [5.74, 6) is 0.0587. The predicted octanol–water partition coefficient (Wildman–Crippen LogP) is 2.04. The van der Waals surface area contributed by atoms with E-state index in [4.69, 9.17) is 0 Å². The Kier molecular flexibility index (Phi) is 2.23. The number of nitrogens with zero attached hydrogens (tertiary/aromatic N) is 1. The van der Waals surface area contributed by atoms with Crippen LogP contribution >= 0.6 is 0 Å². The van der Waals surface area contributed by atoms with Crippen LogP contribution in [-0.4, -0.2) is 9.67 Å². The van der Waals surface area contributed by atoms with Crippen LogP contribution < -0.4 is 5.43 Å². The molecule has 1 aromatic carbocycles. The first-order valence-electron chi connectivity index (χ1n) is 4.97. The van der Waals surface area contributed by atoms with E-state index in [0.717, 1.165) is 17.6 Å². The molecule has 3 nitrogen and oxygen atoms in total. The Morgan fingerprint density at radius 1 is 1.33 bits per heavy atom. The Hall–Kier alpha value is -1.77. The molecule has 1 heterocycles.